The fourth-order valence-electron chi connectivity index (χ4n) is 1.23. The first-order valence-electron chi connectivity index (χ1n) is 3.91. The highest BCUT2D eigenvalue weighted by atomic mass is 16.3. The summed E-state index contributed by atoms with van der Waals surface area (Å²) >= 11 is 0. The van der Waals surface area contributed by atoms with Crippen LogP contribution in [0.15, 0.2) is 44.4 Å². The van der Waals surface area contributed by atoms with Crippen molar-refractivity contribution in [2.75, 3.05) is 0 Å². The molecule has 0 saturated carbocycles. The summed E-state index contributed by atoms with van der Waals surface area (Å²) in [6, 6.07) is 4.85. The maximum Gasteiger partial charge on any atom is 0.196 e. The van der Waals surface area contributed by atoms with Crippen LogP contribution in [0.1, 0.15) is 5.76 Å². The summed E-state index contributed by atoms with van der Waals surface area (Å²) < 4.78 is 10.2. The normalized spacial score (nSPS) is 10.2. The van der Waals surface area contributed by atoms with Crippen molar-refractivity contribution in [2.24, 2.45) is 0 Å². The summed E-state index contributed by atoms with van der Waals surface area (Å²) in [5, 5.41) is 0. The van der Waals surface area contributed by atoms with Crippen LogP contribution in [0.4, 0.5) is 0 Å². The Morgan fingerprint density at radius 1 is 1.15 bits per heavy atom. The van der Waals surface area contributed by atoms with Crippen LogP contribution in [-0.2, 0) is 0 Å². The molecule has 0 saturated heterocycles. The SMILES string of the molecule is Cc1occc(=O)c1-c1ccco1. The second-order valence-corrected chi connectivity index (χ2v) is 2.69. The van der Waals surface area contributed by atoms with Crippen molar-refractivity contribution in [3.8, 4) is 11.3 Å². The highest BCUT2D eigenvalue weighted by Crippen LogP contribution is 2.18. The molecule has 0 fully saturated rings. The topological polar surface area (TPSA) is 43.4 Å². The molecular weight excluding hydrogens is 168 g/mol. The molecule has 0 bridgehead atoms. The third kappa shape index (κ3) is 1.28. The fourth-order valence-corrected chi connectivity index (χ4v) is 1.23. The van der Waals surface area contributed by atoms with Gasteiger partial charge in [0, 0.05) is 6.07 Å². The van der Waals surface area contributed by atoms with E-state index in [1.807, 2.05) is 0 Å². The zero-order chi connectivity index (χ0) is 9.26. The molecule has 0 unspecified atom stereocenters. The molecule has 2 rings (SSSR count). The third-order valence-corrected chi connectivity index (χ3v) is 1.83. The molecule has 0 amide bonds. The lowest BCUT2D eigenvalue weighted by atomic mass is 10.2. The van der Waals surface area contributed by atoms with E-state index in [4.69, 9.17) is 8.83 Å². The van der Waals surface area contributed by atoms with Gasteiger partial charge in [-0.2, -0.15) is 0 Å². The summed E-state index contributed by atoms with van der Waals surface area (Å²) in [4.78, 5) is 11.4. The molecule has 3 nitrogen and oxygen atoms in total. The van der Waals surface area contributed by atoms with E-state index in [1.54, 1.807) is 19.1 Å². The van der Waals surface area contributed by atoms with E-state index in [-0.39, 0.29) is 5.43 Å². The number of aryl methyl sites for hydroxylation is 1. The number of rotatable bonds is 1. The third-order valence-electron chi connectivity index (χ3n) is 1.83. The van der Waals surface area contributed by atoms with Crippen LogP contribution in [0.25, 0.3) is 11.3 Å². The van der Waals surface area contributed by atoms with Crippen molar-refractivity contribution >= 4 is 0 Å². The smallest absolute Gasteiger partial charge is 0.196 e. The minimum Gasteiger partial charge on any atom is -0.469 e. The van der Waals surface area contributed by atoms with E-state index >= 15 is 0 Å². The Hall–Kier alpha value is -1.77. The lowest BCUT2D eigenvalue weighted by Crippen LogP contribution is -2.03. The van der Waals surface area contributed by atoms with Crippen LogP contribution in [0.3, 0.4) is 0 Å². The van der Waals surface area contributed by atoms with Gasteiger partial charge in [-0.25, -0.2) is 0 Å². The molecule has 0 aliphatic rings. The highest BCUT2D eigenvalue weighted by molar-refractivity contribution is 5.58. The van der Waals surface area contributed by atoms with Crippen molar-refractivity contribution in [3.63, 3.8) is 0 Å². The van der Waals surface area contributed by atoms with E-state index in [0.29, 0.717) is 17.1 Å². The maximum atomic E-state index is 11.4. The Morgan fingerprint density at radius 2 is 2.00 bits per heavy atom. The predicted octanol–water partition coefficient (Wildman–Crippen LogP) is 2.21. The highest BCUT2D eigenvalue weighted by Gasteiger charge is 2.09. The molecule has 0 N–H and O–H groups in total. The minimum atomic E-state index is -0.0845. The molecule has 13 heavy (non-hydrogen) atoms. The van der Waals surface area contributed by atoms with Crippen LogP contribution in [0.5, 0.6) is 0 Å². The second kappa shape index (κ2) is 2.94. The Labute approximate surface area is 74.6 Å². The molecule has 2 heterocycles. The summed E-state index contributed by atoms with van der Waals surface area (Å²) in [6.07, 6.45) is 2.91. The molecule has 0 radical (unpaired) electrons. The van der Waals surface area contributed by atoms with Gasteiger partial charge in [-0.05, 0) is 19.1 Å². The molecule has 66 valence electrons. The van der Waals surface area contributed by atoms with E-state index in [9.17, 15) is 4.79 Å². The standard InChI is InChI=1S/C10H8O3/c1-7-10(8(11)4-6-12-7)9-3-2-5-13-9/h2-6H,1H3. The van der Waals surface area contributed by atoms with Crippen molar-refractivity contribution in [1.82, 2.24) is 0 Å². The first kappa shape index (κ1) is 7.86. The molecule has 2 aromatic rings. The van der Waals surface area contributed by atoms with Crippen molar-refractivity contribution < 1.29 is 8.83 Å². The van der Waals surface area contributed by atoms with Crippen molar-refractivity contribution in [1.29, 1.82) is 0 Å². The lowest BCUT2D eigenvalue weighted by Gasteiger charge is -1.97. The second-order valence-electron chi connectivity index (χ2n) is 2.69. The molecular formula is C10H8O3. The van der Waals surface area contributed by atoms with Gasteiger partial charge in [0.2, 0.25) is 0 Å². The summed E-state index contributed by atoms with van der Waals surface area (Å²) in [5.74, 6) is 1.12. The number of hydrogen-bond acceptors (Lipinski definition) is 3. The van der Waals surface area contributed by atoms with Crippen molar-refractivity contribution in [3.05, 3.63) is 46.7 Å². The Kier molecular flexibility index (Phi) is 1.77. The molecule has 0 atom stereocenters. The average Bonchev–Trinajstić information content (AvgIpc) is 2.57. The molecule has 2 aromatic heterocycles. The summed E-state index contributed by atoms with van der Waals surface area (Å²) in [7, 11) is 0. The average molecular weight is 176 g/mol. The van der Waals surface area contributed by atoms with Crippen LogP contribution < -0.4 is 5.43 Å². The van der Waals surface area contributed by atoms with Crippen molar-refractivity contribution in [2.45, 2.75) is 6.92 Å². The van der Waals surface area contributed by atoms with Gasteiger partial charge in [-0.15, -0.1) is 0 Å². The lowest BCUT2D eigenvalue weighted by molar-refractivity contribution is 0.510. The van der Waals surface area contributed by atoms with Gasteiger partial charge in [0.05, 0.1) is 12.5 Å². The number of hydrogen-bond donors (Lipinski definition) is 0. The molecule has 0 spiro atoms. The molecule has 0 aromatic carbocycles. The predicted molar refractivity (Wildman–Crippen MR) is 47.4 cm³/mol. The minimum absolute atomic E-state index is 0.0845. The van der Waals surface area contributed by atoms with E-state index in [2.05, 4.69) is 0 Å². The van der Waals surface area contributed by atoms with E-state index in [0.717, 1.165) is 0 Å². The first-order chi connectivity index (χ1) is 6.29. The number of furan rings is 1. The molecule has 3 heteroatoms. The van der Waals surface area contributed by atoms with E-state index < -0.39 is 0 Å². The van der Waals surface area contributed by atoms with Crippen LogP contribution in [0.2, 0.25) is 0 Å². The van der Waals surface area contributed by atoms with Gasteiger partial charge in [-0.1, -0.05) is 0 Å². The monoisotopic (exact) mass is 176 g/mol. The van der Waals surface area contributed by atoms with Gasteiger partial charge >= 0.3 is 0 Å². The molecule has 0 aliphatic heterocycles. The van der Waals surface area contributed by atoms with Crippen LogP contribution in [0, 0.1) is 6.92 Å². The Morgan fingerprint density at radius 3 is 2.62 bits per heavy atom. The first-order valence-corrected chi connectivity index (χ1v) is 3.91. The Balaban J connectivity index is 2.71. The van der Waals surface area contributed by atoms with E-state index in [1.165, 1.54) is 18.6 Å². The summed E-state index contributed by atoms with van der Waals surface area (Å²) in [5.41, 5.74) is 0.409. The van der Waals surface area contributed by atoms with Gasteiger partial charge in [0.25, 0.3) is 0 Å². The van der Waals surface area contributed by atoms with Crippen LogP contribution >= 0.6 is 0 Å². The van der Waals surface area contributed by atoms with Crippen LogP contribution in [-0.4, -0.2) is 0 Å². The summed E-state index contributed by atoms with van der Waals surface area (Å²) in [6.45, 7) is 1.74. The zero-order valence-corrected chi connectivity index (χ0v) is 7.11. The van der Waals surface area contributed by atoms with Gasteiger partial charge in [0.15, 0.2) is 5.43 Å². The fraction of sp³-hybridized carbons (Fsp3) is 0.100. The quantitative estimate of drug-likeness (QED) is 0.669. The zero-order valence-electron chi connectivity index (χ0n) is 7.11. The molecule has 0 aliphatic carbocycles. The van der Waals surface area contributed by atoms with Gasteiger partial charge in [0.1, 0.15) is 17.1 Å². The Bertz CT molecular complexity index is 451. The van der Waals surface area contributed by atoms with Gasteiger partial charge < -0.3 is 8.83 Å². The maximum absolute atomic E-state index is 11.4. The largest absolute Gasteiger partial charge is 0.469 e. The van der Waals surface area contributed by atoms with Gasteiger partial charge in [-0.3, -0.25) is 4.79 Å².